The topological polar surface area (TPSA) is 75.4 Å². The summed E-state index contributed by atoms with van der Waals surface area (Å²) in [5, 5.41) is 0. The molecule has 1 aliphatic heterocycles. The van der Waals surface area contributed by atoms with Gasteiger partial charge in [-0.2, -0.15) is 17.4 Å². The molecule has 5 nitrogen and oxygen atoms in total. The van der Waals surface area contributed by atoms with E-state index in [-0.39, 0.29) is 0 Å². The van der Waals surface area contributed by atoms with Crippen LogP contribution >= 0.6 is 0 Å². The molecule has 1 rings (SSSR count). The minimum absolute atomic E-state index is 0.316. The Kier molecular flexibility index (Phi) is 4.53. The van der Waals surface area contributed by atoms with E-state index < -0.39 is 10.2 Å². The first-order chi connectivity index (χ1) is 6.67. The van der Waals surface area contributed by atoms with Gasteiger partial charge in [0.05, 0.1) is 0 Å². The van der Waals surface area contributed by atoms with E-state index in [1.807, 2.05) is 0 Å². The van der Waals surface area contributed by atoms with Crippen molar-refractivity contribution in [3.8, 4) is 0 Å². The largest absolute Gasteiger partial charge is 0.327 e. The van der Waals surface area contributed by atoms with Crippen LogP contribution in [0.15, 0.2) is 12.2 Å². The fourth-order valence-electron chi connectivity index (χ4n) is 1.35. The third-order valence-electron chi connectivity index (χ3n) is 2.09. The van der Waals surface area contributed by atoms with Crippen LogP contribution in [0.1, 0.15) is 12.8 Å². The van der Waals surface area contributed by atoms with Gasteiger partial charge < -0.3 is 5.73 Å². The molecular formula is C8H17N3O2S. The fourth-order valence-corrected chi connectivity index (χ4v) is 2.58. The van der Waals surface area contributed by atoms with Crippen LogP contribution in [0.5, 0.6) is 0 Å². The van der Waals surface area contributed by atoms with Gasteiger partial charge in [-0.25, -0.2) is 0 Å². The van der Waals surface area contributed by atoms with Crippen molar-refractivity contribution >= 4 is 10.2 Å². The number of nitrogens with one attached hydrogen (secondary N) is 1. The number of hydrogen-bond acceptors (Lipinski definition) is 3. The third kappa shape index (κ3) is 3.38. The van der Waals surface area contributed by atoms with Crippen molar-refractivity contribution < 1.29 is 8.42 Å². The van der Waals surface area contributed by atoms with E-state index in [0.717, 1.165) is 12.8 Å². The van der Waals surface area contributed by atoms with Crippen LogP contribution in [0.3, 0.4) is 0 Å². The summed E-state index contributed by atoms with van der Waals surface area (Å²) in [6, 6.07) is 0. The molecule has 0 bridgehead atoms. The molecule has 1 fully saturated rings. The highest BCUT2D eigenvalue weighted by Crippen LogP contribution is 2.10. The van der Waals surface area contributed by atoms with Crippen LogP contribution in [0.4, 0.5) is 0 Å². The summed E-state index contributed by atoms with van der Waals surface area (Å²) in [5.41, 5.74) is 5.23. The first-order valence-electron chi connectivity index (χ1n) is 4.76. The summed E-state index contributed by atoms with van der Waals surface area (Å²) in [6.07, 6.45) is 5.36. The Morgan fingerprint density at radius 3 is 2.50 bits per heavy atom. The van der Waals surface area contributed by atoms with Gasteiger partial charge in [0.1, 0.15) is 0 Å². The van der Waals surface area contributed by atoms with Crippen molar-refractivity contribution in [2.75, 3.05) is 26.2 Å². The van der Waals surface area contributed by atoms with Gasteiger partial charge in [-0.3, -0.25) is 0 Å². The van der Waals surface area contributed by atoms with Gasteiger partial charge in [0, 0.05) is 26.2 Å². The van der Waals surface area contributed by atoms with Crippen LogP contribution in [-0.2, 0) is 10.2 Å². The lowest BCUT2D eigenvalue weighted by Gasteiger charge is -2.14. The minimum atomic E-state index is -3.25. The number of nitrogens with two attached hydrogens (primary N) is 1. The highest BCUT2D eigenvalue weighted by Gasteiger charge is 2.23. The van der Waals surface area contributed by atoms with Gasteiger partial charge in [-0.1, -0.05) is 12.2 Å². The molecule has 0 aromatic carbocycles. The van der Waals surface area contributed by atoms with E-state index in [1.165, 1.54) is 4.31 Å². The summed E-state index contributed by atoms with van der Waals surface area (Å²) >= 11 is 0. The summed E-state index contributed by atoms with van der Waals surface area (Å²) in [6.45, 7) is 2.02. The summed E-state index contributed by atoms with van der Waals surface area (Å²) in [7, 11) is -3.25. The standard InChI is InChI=1S/C8H17N3O2S/c9-5-1-2-6-10-14(12,13)11-7-3-4-8-11/h1-2,10H,3-9H2/b2-1+. The lowest BCUT2D eigenvalue weighted by molar-refractivity contribution is 0.468. The van der Waals surface area contributed by atoms with Crippen molar-refractivity contribution in [1.82, 2.24) is 9.03 Å². The molecule has 0 amide bonds. The second-order valence-electron chi connectivity index (χ2n) is 3.17. The van der Waals surface area contributed by atoms with Crippen molar-refractivity contribution in [3.05, 3.63) is 12.2 Å². The monoisotopic (exact) mass is 219 g/mol. The van der Waals surface area contributed by atoms with Gasteiger partial charge in [-0.05, 0) is 12.8 Å². The molecule has 14 heavy (non-hydrogen) atoms. The normalized spacial score (nSPS) is 19.5. The first-order valence-corrected chi connectivity index (χ1v) is 6.20. The lowest BCUT2D eigenvalue weighted by atomic mass is 10.4. The molecule has 6 heteroatoms. The Hall–Kier alpha value is -0.430. The molecular weight excluding hydrogens is 202 g/mol. The molecule has 0 atom stereocenters. The Labute approximate surface area is 85.1 Å². The zero-order valence-corrected chi connectivity index (χ0v) is 8.96. The van der Waals surface area contributed by atoms with E-state index in [2.05, 4.69) is 4.72 Å². The average Bonchev–Trinajstić information content (AvgIpc) is 2.65. The molecule has 3 N–H and O–H groups in total. The maximum atomic E-state index is 11.5. The Morgan fingerprint density at radius 2 is 1.93 bits per heavy atom. The summed E-state index contributed by atoms with van der Waals surface area (Å²) in [4.78, 5) is 0. The molecule has 82 valence electrons. The van der Waals surface area contributed by atoms with E-state index >= 15 is 0 Å². The Bertz CT molecular complexity index is 281. The maximum Gasteiger partial charge on any atom is 0.279 e. The molecule has 0 aromatic heterocycles. The van der Waals surface area contributed by atoms with Gasteiger partial charge in [0.15, 0.2) is 0 Å². The highest BCUT2D eigenvalue weighted by molar-refractivity contribution is 7.87. The van der Waals surface area contributed by atoms with Crippen molar-refractivity contribution in [2.24, 2.45) is 5.73 Å². The number of hydrogen-bond donors (Lipinski definition) is 2. The van der Waals surface area contributed by atoms with E-state index in [4.69, 9.17) is 5.73 Å². The predicted octanol–water partition coefficient (Wildman–Crippen LogP) is -0.568. The molecule has 0 spiro atoms. The number of nitrogens with zero attached hydrogens (tertiary/aromatic N) is 1. The van der Waals surface area contributed by atoms with Crippen LogP contribution in [0.2, 0.25) is 0 Å². The fraction of sp³-hybridized carbons (Fsp3) is 0.750. The average molecular weight is 219 g/mol. The minimum Gasteiger partial charge on any atom is -0.327 e. The Balaban J connectivity index is 2.37. The van der Waals surface area contributed by atoms with Crippen molar-refractivity contribution in [1.29, 1.82) is 0 Å². The molecule has 0 aliphatic carbocycles. The zero-order chi connectivity index (χ0) is 10.4. The quantitative estimate of drug-likeness (QED) is 0.608. The molecule has 1 saturated heterocycles. The molecule has 1 aliphatic rings. The van der Waals surface area contributed by atoms with E-state index in [0.29, 0.717) is 26.2 Å². The van der Waals surface area contributed by atoms with Gasteiger partial charge in [0.25, 0.3) is 10.2 Å². The van der Waals surface area contributed by atoms with Crippen LogP contribution in [0.25, 0.3) is 0 Å². The summed E-state index contributed by atoms with van der Waals surface area (Å²) < 4.78 is 27.1. The van der Waals surface area contributed by atoms with Crippen LogP contribution in [0, 0.1) is 0 Å². The third-order valence-corrected chi connectivity index (χ3v) is 3.67. The van der Waals surface area contributed by atoms with E-state index in [1.54, 1.807) is 12.2 Å². The lowest BCUT2D eigenvalue weighted by Crippen LogP contribution is -2.38. The first kappa shape index (κ1) is 11.6. The predicted molar refractivity (Wildman–Crippen MR) is 55.9 cm³/mol. The molecule has 0 radical (unpaired) electrons. The SMILES string of the molecule is NC/C=C/CNS(=O)(=O)N1CCCC1. The van der Waals surface area contributed by atoms with Crippen LogP contribution < -0.4 is 10.5 Å². The Morgan fingerprint density at radius 1 is 1.29 bits per heavy atom. The highest BCUT2D eigenvalue weighted by atomic mass is 32.2. The second-order valence-corrected chi connectivity index (χ2v) is 4.92. The summed E-state index contributed by atoms with van der Waals surface area (Å²) in [5.74, 6) is 0. The van der Waals surface area contributed by atoms with Gasteiger partial charge >= 0.3 is 0 Å². The molecule has 0 unspecified atom stereocenters. The van der Waals surface area contributed by atoms with Crippen molar-refractivity contribution in [2.45, 2.75) is 12.8 Å². The molecule has 0 saturated carbocycles. The van der Waals surface area contributed by atoms with Crippen molar-refractivity contribution in [3.63, 3.8) is 0 Å². The van der Waals surface area contributed by atoms with E-state index in [9.17, 15) is 8.42 Å². The zero-order valence-electron chi connectivity index (χ0n) is 8.15. The molecule has 0 aromatic rings. The number of rotatable bonds is 5. The maximum absolute atomic E-state index is 11.5. The molecule has 1 heterocycles. The van der Waals surface area contributed by atoms with Gasteiger partial charge in [-0.15, -0.1) is 0 Å². The smallest absolute Gasteiger partial charge is 0.279 e. The van der Waals surface area contributed by atoms with Crippen LogP contribution in [-0.4, -0.2) is 38.9 Å². The van der Waals surface area contributed by atoms with Gasteiger partial charge in [0.2, 0.25) is 0 Å². The second kappa shape index (κ2) is 5.45.